The standard InChI is InChI=1S/C12H21NO/c1-12(2)6-3-11(14-12)9-10-4-7-13-8-5-10/h9,11,13H,3-8H2,1-2H3. The van der Waals surface area contributed by atoms with Crippen molar-refractivity contribution in [2.24, 2.45) is 0 Å². The van der Waals surface area contributed by atoms with Crippen LogP contribution in [0.15, 0.2) is 11.6 Å². The summed E-state index contributed by atoms with van der Waals surface area (Å²) in [5, 5.41) is 3.37. The van der Waals surface area contributed by atoms with Gasteiger partial charge >= 0.3 is 0 Å². The molecule has 1 atom stereocenters. The first-order valence-corrected chi connectivity index (χ1v) is 5.74. The van der Waals surface area contributed by atoms with Gasteiger partial charge in [-0.2, -0.15) is 0 Å². The molecular weight excluding hydrogens is 174 g/mol. The maximum atomic E-state index is 5.95. The molecule has 0 spiro atoms. The van der Waals surface area contributed by atoms with Crippen molar-refractivity contribution in [3.8, 4) is 0 Å². The Labute approximate surface area is 86.7 Å². The quantitative estimate of drug-likeness (QED) is 0.648. The van der Waals surface area contributed by atoms with Gasteiger partial charge in [0, 0.05) is 0 Å². The molecule has 0 aromatic heterocycles. The molecule has 0 aromatic carbocycles. The van der Waals surface area contributed by atoms with Gasteiger partial charge in [0.2, 0.25) is 0 Å². The third-order valence-electron chi connectivity index (χ3n) is 3.17. The molecule has 0 amide bonds. The van der Waals surface area contributed by atoms with E-state index in [4.69, 9.17) is 4.74 Å². The lowest BCUT2D eigenvalue weighted by atomic mass is 10.0. The highest BCUT2D eigenvalue weighted by Crippen LogP contribution is 2.31. The summed E-state index contributed by atoms with van der Waals surface area (Å²) in [6, 6.07) is 0. The summed E-state index contributed by atoms with van der Waals surface area (Å²) in [4.78, 5) is 0. The van der Waals surface area contributed by atoms with E-state index in [9.17, 15) is 0 Å². The Morgan fingerprint density at radius 1 is 1.36 bits per heavy atom. The Hall–Kier alpha value is -0.340. The van der Waals surface area contributed by atoms with Gasteiger partial charge in [-0.05, 0) is 52.6 Å². The highest BCUT2D eigenvalue weighted by molar-refractivity contribution is 5.10. The van der Waals surface area contributed by atoms with E-state index >= 15 is 0 Å². The second-order valence-electron chi connectivity index (χ2n) is 5.03. The minimum absolute atomic E-state index is 0.106. The summed E-state index contributed by atoms with van der Waals surface area (Å²) >= 11 is 0. The molecule has 80 valence electrons. The first-order chi connectivity index (χ1) is 6.66. The first kappa shape index (κ1) is 10.2. The van der Waals surface area contributed by atoms with E-state index < -0.39 is 0 Å². The number of piperidine rings is 1. The molecule has 1 N–H and O–H groups in total. The second kappa shape index (κ2) is 4.03. The zero-order chi connectivity index (χ0) is 10.0. The van der Waals surface area contributed by atoms with Crippen molar-refractivity contribution in [1.29, 1.82) is 0 Å². The summed E-state index contributed by atoms with van der Waals surface area (Å²) in [5.41, 5.74) is 1.70. The van der Waals surface area contributed by atoms with Gasteiger partial charge in [0.05, 0.1) is 11.7 Å². The van der Waals surface area contributed by atoms with Crippen LogP contribution in [0.25, 0.3) is 0 Å². The molecule has 2 aliphatic heterocycles. The molecule has 2 saturated heterocycles. The third-order valence-corrected chi connectivity index (χ3v) is 3.17. The molecule has 2 rings (SSSR count). The van der Waals surface area contributed by atoms with E-state index in [0.717, 1.165) is 13.1 Å². The summed E-state index contributed by atoms with van der Waals surface area (Å²) in [6.07, 6.45) is 7.57. The van der Waals surface area contributed by atoms with Crippen molar-refractivity contribution in [3.05, 3.63) is 11.6 Å². The van der Waals surface area contributed by atoms with Crippen LogP contribution in [-0.2, 0) is 4.74 Å². The first-order valence-electron chi connectivity index (χ1n) is 5.74. The van der Waals surface area contributed by atoms with Gasteiger partial charge in [-0.1, -0.05) is 11.6 Å². The van der Waals surface area contributed by atoms with Crippen LogP contribution >= 0.6 is 0 Å². The maximum absolute atomic E-state index is 5.95. The van der Waals surface area contributed by atoms with E-state index in [1.165, 1.54) is 25.7 Å². The van der Waals surface area contributed by atoms with Gasteiger partial charge in [0.25, 0.3) is 0 Å². The van der Waals surface area contributed by atoms with Gasteiger partial charge in [0.1, 0.15) is 0 Å². The lowest BCUT2D eigenvalue weighted by Gasteiger charge is -2.20. The second-order valence-corrected chi connectivity index (χ2v) is 5.03. The van der Waals surface area contributed by atoms with Gasteiger partial charge in [-0.3, -0.25) is 0 Å². The van der Waals surface area contributed by atoms with Crippen LogP contribution in [-0.4, -0.2) is 24.8 Å². The molecule has 0 aliphatic carbocycles. The maximum Gasteiger partial charge on any atom is 0.0766 e. The molecule has 2 heteroatoms. The predicted octanol–water partition coefficient (Wildman–Crippen LogP) is 2.25. The molecule has 0 bridgehead atoms. The lowest BCUT2D eigenvalue weighted by molar-refractivity contribution is 0.00477. The number of nitrogens with one attached hydrogen (secondary N) is 1. The molecule has 2 heterocycles. The average molecular weight is 195 g/mol. The van der Waals surface area contributed by atoms with Crippen molar-refractivity contribution in [3.63, 3.8) is 0 Å². The minimum atomic E-state index is 0.106. The van der Waals surface area contributed by atoms with Gasteiger partial charge in [0.15, 0.2) is 0 Å². The van der Waals surface area contributed by atoms with Crippen LogP contribution in [0.2, 0.25) is 0 Å². The molecule has 2 aliphatic rings. The molecule has 0 radical (unpaired) electrons. The summed E-state index contributed by atoms with van der Waals surface area (Å²) in [5.74, 6) is 0. The zero-order valence-electron chi connectivity index (χ0n) is 9.31. The van der Waals surface area contributed by atoms with Crippen molar-refractivity contribution in [2.45, 2.75) is 51.2 Å². The van der Waals surface area contributed by atoms with Gasteiger partial charge in [-0.15, -0.1) is 0 Å². The van der Waals surface area contributed by atoms with Gasteiger partial charge in [-0.25, -0.2) is 0 Å². The molecule has 2 nitrogen and oxygen atoms in total. The molecule has 0 aromatic rings. The fourth-order valence-corrected chi connectivity index (χ4v) is 2.31. The number of hydrogen-bond donors (Lipinski definition) is 1. The fourth-order valence-electron chi connectivity index (χ4n) is 2.31. The molecular formula is C12H21NO. The van der Waals surface area contributed by atoms with Crippen molar-refractivity contribution in [2.75, 3.05) is 13.1 Å². The number of hydrogen-bond acceptors (Lipinski definition) is 2. The molecule has 0 saturated carbocycles. The van der Waals surface area contributed by atoms with Gasteiger partial charge < -0.3 is 10.1 Å². The monoisotopic (exact) mass is 195 g/mol. The van der Waals surface area contributed by atoms with Crippen molar-refractivity contribution in [1.82, 2.24) is 5.32 Å². The molecule has 1 unspecified atom stereocenters. The summed E-state index contributed by atoms with van der Waals surface area (Å²) in [6.45, 7) is 6.66. The highest BCUT2D eigenvalue weighted by Gasteiger charge is 2.30. The zero-order valence-corrected chi connectivity index (χ0v) is 9.31. The van der Waals surface area contributed by atoms with Crippen LogP contribution in [0, 0.1) is 0 Å². The van der Waals surface area contributed by atoms with E-state index in [1.807, 2.05) is 0 Å². The smallest absolute Gasteiger partial charge is 0.0766 e. The normalized spacial score (nSPS) is 31.9. The van der Waals surface area contributed by atoms with Crippen LogP contribution in [0.5, 0.6) is 0 Å². The Kier molecular flexibility index (Phi) is 2.93. The molecule has 2 fully saturated rings. The van der Waals surface area contributed by atoms with Crippen LogP contribution in [0.3, 0.4) is 0 Å². The van der Waals surface area contributed by atoms with E-state index in [-0.39, 0.29) is 5.60 Å². The Bertz CT molecular complexity index is 224. The number of rotatable bonds is 1. The van der Waals surface area contributed by atoms with Crippen molar-refractivity contribution >= 4 is 0 Å². The molecule has 14 heavy (non-hydrogen) atoms. The van der Waals surface area contributed by atoms with Crippen LogP contribution in [0.4, 0.5) is 0 Å². The average Bonchev–Trinajstić information content (AvgIpc) is 2.47. The predicted molar refractivity (Wildman–Crippen MR) is 58.4 cm³/mol. The van der Waals surface area contributed by atoms with Crippen LogP contribution < -0.4 is 5.32 Å². The SMILES string of the molecule is CC1(C)CCC(C=C2CCNCC2)O1. The Balaban J connectivity index is 1.90. The Morgan fingerprint density at radius 2 is 2.07 bits per heavy atom. The fraction of sp³-hybridized carbons (Fsp3) is 0.833. The topological polar surface area (TPSA) is 21.3 Å². The largest absolute Gasteiger partial charge is 0.368 e. The highest BCUT2D eigenvalue weighted by atomic mass is 16.5. The van der Waals surface area contributed by atoms with E-state index in [1.54, 1.807) is 5.57 Å². The lowest BCUT2D eigenvalue weighted by Crippen LogP contribution is -2.24. The van der Waals surface area contributed by atoms with E-state index in [2.05, 4.69) is 25.2 Å². The minimum Gasteiger partial charge on any atom is -0.368 e. The van der Waals surface area contributed by atoms with Crippen LogP contribution in [0.1, 0.15) is 39.5 Å². The summed E-state index contributed by atoms with van der Waals surface area (Å²) in [7, 11) is 0. The number of ether oxygens (including phenoxy) is 1. The summed E-state index contributed by atoms with van der Waals surface area (Å²) < 4.78 is 5.95. The van der Waals surface area contributed by atoms with Crippen molar-refractivity contribution < 1.29 is 4.74 Å². The third kappa shape index (κ3) is 2.58. The Morgan fingerprint density at radius 3 is 2.64 bits per heavy atom. The van der Waals surface area contributed by atoms with E-state index in [0.29, 0.717) is 6.10 Å².